The molecule has 0 spiro atoms. The van der Waals surface area contributed by atoms with E-state index in [0.29, 0.717) is 0 Å². The SMILES string of the molecule is CCCc1ccc(OC(C)(C)C)cc1.CCc1ccc(OC(C)(C)C)cc1. The van der Waals surface area contributed by atoms with Crippen molar-refractivity contribution in [2.45, 2.75) is 85.9 Å². The fourth-order valence-electron chi connectivity index (χ4n) is 2.51. The Morgan fingerprint density at radius 3 is 1.26 bits per heavy atom. The first kappa shape index (κ1) is 23.1. The van der Waals surface area contributed by atoms with Crippen LogP contribution in [0.1, 0.15) is 72.9 Å². The summed E-state index contributed by atoms with van der Waals surface area (Å²) in [5, 5.41) is 0. The van der Waals surface area contributed by atoms with E-state index in [1.54, 1.807) is 0 Å². The summed E-state index contributed by atoms with van der Waals surface area (Å²) in [6.07, 6.45) is 3.42. The molecule has 2 aromatic carbocycles. The van der Waals surface area contributed by atoms with Crippen LogP contribution in [0.5, 0.6) is 11.5 Å². The zero-order valence-corrected chi connectivity index (χ0v) is 18.6. The fraction of sp³-hybridized carbons (Fsp3) is 0.520. The summed E-state index contributed by atoms with van der Waals surface area (Å²) in [6, 6.07) is 16.7. The molecular weight excluding hydrogens is 332 g/mol. The molecule has 0 atom stereocenters. The summed E-state index contributed by atoms with van der Waals surface area (Å²) in [5.74, 6) is 1.90. The molecular formula is C25H38O2. The van der Waals surface area contributed by atoms with E-state index in [1.807, 2.05) is 12.1 Å². The van der Waals surface area contributed by atoms with Gasteiger partial charge in [-0.3, -0.25) is 0 Å². The second-order valence-electron chi connectivity index (χ2n) is 8.82. The van der Waals surface area contributed by atoms with Gasteiger partial charge in [0, 0.05) is 0 Å². The van der Waals surface area contributed by atoms with E-state index < -0.39 is 0 Å². The van der Waals surface area contributed by atoms with Crippen molar-refractivity contribution >= 4 is 0 Å². The van der Waals surface area contributed by atoms with Crippen LogP contribution in [-0.2, 0) is 12.8 Å². The van der Waals surface area contributed by atoms with E-state index in [1.165, 1.54) is 17.5 Å². The van der Waals surface area contributed by atoms with Crippen molar-refractivity contribution in [2.24, 2.45) is 0 Å². The smallest absolute Gasteiger partial charge is 0.120 e. The molecule has 0 unspecified atom stereocenters. The van der Waals surface area contributed by atoms with E-state index in [2.05, 4.69) is 91.8 Å². The van der Waals surface area contributed by atoms with Crippen molar-refractivity contribution in [1.82, 2.24) is 0 Å². The summed E-state index contributed by atoms with van der Waals surface area (Å²) >= 11 is 0. The number of ether oxygens (including phenoxy) is 2. The predicted molar refractivity (Wildman–Crippen MR) is 117 cm³/mol. The molecule has 2 nitrogen and oxygen atoms in total. The van der Waals surface area contributed by atoms with Crippen LogP contribution in [-0.4, -0.2) is 11.2 Å². The highest BCUT2D eigenvalue weighted by molar-refractivity contribution is 5.28. The van der Waals surface area contributed by atoms with E-state index >= 15 is 0 Å². The molecule has 0 radical (unpaired) electrons. The molecule has 2 heteroatoms. The third kappa shape index (κ3) is 10.7. The lowest BCUT2D eigenvalue weighted by Gasteiger charge is -2.21. The molecule has 0 N–H and O–H groups in total. The van der Waals surface area contributed by atoms with E-state index in [-0.39, 0.29) is 11.2 Å². The van der Waals surface area contributed by atoms with Gasteiger partial charge in [-0.2, -0.15) is 0 Å². The molecule has 2 rings (SSSR count). The molecule has 0 aliphatic rings. The highest BCUT2D eigenvalue weighted by atomic mass is 16.5. The third-order valence-corrected chi connectivity index (χ3v) is 3.64. The van der Waals surface area contributed by atoms with Gasteiger partial charge < -0.3 is 9.47 Å². The summed E-state index contributed by atoms with van der Waals surface area (Å²) < 4.78 is 11.4. The van der Waals surface area contributed by atoms with E-state index in [4.69, 9.17) is 9.47 Å². The highest BCUT2D eigenvalue weighted by Crippen LogP contribution is 2.19. The molecule has 150 valence electrons. The fourth-order valence-corrected chi connectivity index (χ4v) is 2.51. The van der Waals surface area contributed by atoms with Crippen LogP contribution in [0, 0.1) is 0 Å². The zero-order chi connectivity index (χ0) is 20.5. The number of benzene rings is 2. The number of rotatable bonds is 5. The third-order valence-electron chi connectivity index (χ3n) is 3.64. The summed E-state index contributed by atoms with van der Waals surface area (Å²) in [4.78, 5) is 0. The Hall–Kier alpha value is -1.96. The Labute approximate surface area is 166 Å². The maximum atomic E-state index is 5.73. The Bertz CT molecular complexity index is 641. The Balaban J connectivity index is 0.000000271. The second kappa shape index (κ2) is 10.4. The van der Waals surface area contributed by atoms with Gasteiger partial charge >= 0.3 is 0 Å². The molecule has 2 aromatic rings. The van der Waals surface area contributed by atoms with Crippen LogP contribution in [0.2, 0.25) is 0 Å². The first-order chi connectivity index (χ1) is 12.5. The molecule has 0 aliphatic heterocycles. The number of aryl methyl sites for hydroxylation is 2. The lowest BCUT2D eigenvalue weighted by molar-refractivity contribution is 0.130. The van der Waals surface area contributed by atoms with Gasteiger partial charge in [0.15, 0.2) is 0 Å². The Morgan fingerprint density at radius 1 is 0.593 bits per heavy atom. The standard InChI is InChI=1S/C13H20O.C12H18O/c1-5-6-11-7-9-12(10-8-11)14-13(2,3)4;1-5-10-6-8-11(9-7-10)13-12(2,3)4/h7-10H,5-6H2,1-4H3;6-9H,5H2,1-4H3. The van der Waals surface area contributed by atoms with Gasteiger partial charge in [-0.1, -0.05) is 44.5 Å². The van der Waals surface area contributed by atoms with Gasteiger partial charge in [-0.15, -0.1) is 0 Å². The van der Waals surface area contributed by atoms with Crippen LogP contribution in [0.4, 0.5) is 0 Å². The minimum Gasteiger partial charge on any atom is -0.488 e. The summed E-state index contributed by atoms with van der Waals surface area (Å²) in [5.41, 5.74) is 2.52. The summed E-state index contributed by atoms with van der Waals surface area (Å²) in [6.45, 7) is 16.7. The quantitative estimate of drug-likeness (QED) is 0.552. The molecule has 0 saturated carbocycles. The second-order valence-corrected chi connectivity index (χ2v) is 8.82. The molecule has 0 amide bonds. The average Bonchev–Trinajstić information content (AvgIpc) is 2.55. The van der Waals surface area contributed by atoms with Crippen LogP contribution >= 0.6 is 0 Å². The van der Waals surface area contributed by atoms with Gasteiger partial charge in [0.1, 0.15) is 22.7 Å². The van der Waals surface area contributed by atoms with E-state index in [0.717, 1.165) is 24.3 Å². The maximum absolute atomic E-state index is 5.73. The van der Waals surface area contributed by atoms with Crippen molar-refractivity contribution in [3.8, 4) is 11.5 Å². The molecule has 0 bridgehead atoms. The molecule has 0 heterocycles. The monoisotopic (exact) mass is 370 g/mol. The predicted octanol–water partition coefficient (Wildman–Crippen LogP) is 7.24. The van der Waals surface area contributed by atoms with Gasteiger partial charge in [-0.05, 0) is 89.8 Å². The van der Waals surface area contributed by atoms with Gasteiger partial charge in [0.2, 0.25) is 0 Å². The van der Waals surface area contributed by atoms with Gasteiger partial charge in [-0.25, -0.2) is 0 Å². The first-order valence-corrected chi connectivity index (χ1v) is 10.1. The lowest BCUT2D eigenvalue weighted by atomic mass is 10.1. The van der Waals surface area contributed by atoms with Crippen LogP contribution in [0.15, 0.2) is 48.5 Å². The van der Waals surface area contributed by atoms with Crippen molar-refractivity contribution in [3.05, 3.63) is 59.7 Å². The molecule has 0 aromatic heterocycles. The van der Waals surface area contributed by atoms with Gasteiger partial charge in [0.05, 0.1) is 0 Å². The molecule has 27 heavy (non-hydrogen) atoms. The normalized spacial score (nSPS) is 11.4. The minimum absolute atomic E-state index is 0.103. The topological polar surface area (TPSA) is 18.5 Å². The highest BCUT2D eigenvalue weighted by Gasteiger charge is 2.11. The maximum Gasteiger partial charge on any atom is 0.120 e. The largest absolute Gasteiger partial charge is 0.488 e. The van der Waals surface area contributed by atoms with Crippen LogP contribution < -0.4 is 9.47 Å². The number of hydrogen-bond donors (Lipinski definition) is 0. The van der Waals surface area contributed by atoms with Crippen molar-refractivity contribution in [1.29, 1.82) is 0 Å². The van der Waals surface area contributed by atoms with Crippen molar-refractivity contribution < 1.29 is 9.47 Å². The molecule has 0 fully saturated rings. The number of hydrogen-bond acceptors (Lipinski definition) is 2. The Kier molecular flexibility index (Phi) is 8.88. The Morgan fingerprint density at radius 2 is 0.963 bits per heavy atom. The van der Waals surface area contributed by atoms with Crippen molar-refractivity contribution in [3.63, 3.8) is 0 Å². The van der Waals surface area contributed by atoms with Crippen molar-refractivity contribution in [2.75, 3.05) is 0 Å². The van der Waals surface area contributed by atoms with Crippen LogP contribution in [0.25, 0.3) is 0 Å². The average molecular weight is 371 g/mol. The van der Waals surface area contributed by atoms with E-state index in [9.17, 15) is 0 Å². The molecule has 0 aliphatic carbocycles. The lowest BCUT2D eigenvalue weighted by Crippen LogP contribution is -2.22. The first-order valence-electron chi connectivity index (χ1n) is 10.1. The van der Waals surface area contributed by atoms with Gasteiger partial charge in [0.25, 0.3) is 0 Å². The minimum atomic E-state index is -0.105. The summed E-state index contributed by atoms with van der Waals surface area (Å²) in [7, 11) is 0. The van der Waals surface area contributed by atoms with Crippen LogP contribution in [0.3, 0.4) is 0 Å². The molecule has 0 saturated heterocycles. The zero-order valence-electron chi connectivity index (χ0n) is 18.6.